The van der Waals surface area contributed by atoms with E-state index in [9.17, 15) is 9.59 Å². The van der Waals surface area contributed by atoms with E-state index in [2.05, 4.69) is 0 Å². The summed E-state index contributed by atoms with van der Waals surface area (Å²) in [5.74, 6) is 1.16. The van der Waals surface area contributed by atoms with Crippen LogP contribution in [0.1, 0.15) is 35.2 Å². The van der Waals surface area contributed by atoms with Gasteiger partial charge in [0.1, 0.15) is 12.4 Å². The zero-order valence-electron chi connectivity index (χ0n) is 25.9. The van der Waals surface area contributed by atoms with Crippen LogP contribution in [0.5, 0.6) is 17.2 Å². The minimum atomic E-state index is -0.788. The van der Waals surface area contributed by atoms with E-state index < -0.39 is 12.0 Å². The van der Waals surface area contributed by atoms with Crippen molar-refractivity contribution in [1.82, 2.24) is 4.57 Å². The van der Waals surface area contributed by atoms with Crippen molar-refractivity contribution < 1.29 is 23.7 Å². The zero-order valence-corrected chi connectivity index (χ0v) is 27.5. The number of fused-ring (bicyclic) bond motifs is 1. The highest BCUT2D eigenvalue weighted by Crippen LogP contribution is 2.36. The molecule has 1 aliphatic rings. The number of hydrogen-bond donors (Lipinski definition) is 0. The van der Waals surface area contributed by atoms with Crippen molar-refractivity contribution in [3.8, 4) is 17.2 Å². The molecule has 0 N–H and O–H groups in total. The Morgan fingerprint density at radius 1 is 0.936 bits per heavy atom. The number of esters is 1. The van der Waals surface area contributed by atoms with Crippen molar-refractivity contribution in [2.24, 2.45) is 4.99 Å². The summed E-state index contributed by atoms with van der Waals surface area (Å²) in [6.45, 7) is 2.19. The maximum atomic E-state index is 14.2. The second kappa shape index (κ2) is 14.1. The predicted octanol–water partition coefficient (Wildman–Crippen LogP) is 6.19. The van der Waals surface area contributed by atoms with E-state index in [1.165, 1.54) is 11.3 Å². The lowest BCUT2D eigenvalue weighted by Gasteiger charge is -2.26. The number of aromatic nitrogens is 1. The quantitative estimate of drug-likeness (QED) is 0.165. The van der Waals surface area contributed by atoms with Crippen LogP contribution < -0.4 is 29.1 Å². The van der Waals surface area contributed by atoms with Crippen LogP contribution in [0.25, 0.3) is 11.8 Å². The van der Waals surface area contributed by atoms with E-state index in [1.807, 2.05) is 72.8 Å². The fourth-order valence-corrected chi connectivity index (χ4v) is 6.55. The van der Waals surface area contributed by atoms with Gasteiger partial charge in [0.15, 0.2) is 16.3 Å². The maximum absolute atomic E-state index is 14.2. The summed E-state index contributed by atoms with van der Waals surface area (Å²) in [6.07, 6.45) is 1.78. The van der Waals surface area contributed by atoms with Gasteiger partial charge in [-0.2, -0.15) is 0 Å². The van der Waals surface area contributed by atoms with Gasteiger partial charge in [-0.3, -0.25) is 9.36 Å². The van der Waals surface area contributed by atoms with Crippen molar-refractivity contribution >= 4 is 40.7 Å². The number of hydrogen-bond acceptors (Lipinski definition) is 8. The van der Waals surface area contributed by atoms with E-state index in [4.69, 9.17) is 35.5 Å². The van der Waals surface area contributed by atoms with Crippen molar-refractivity contribution in [1.29, 1.82) is 0 Å². The predicted molar refractivity (Wildman–Crippen MR) is 183 cm³/mol. The second-order valence-corrected chi connectivity index (χ2v) is 11.9. The first-order chi connectivity index (χ1) is 22.9. The molecule has 5 aromatic rings. The molecule has 238 valence electrons. The molecule has 0 spiro atoms. The third-order valence-electron chi connectivity index (χ3n) is 7.63. The fraction of sp³-hybridized carbons (Fsp3) is 0.162. The van der Waals surface area contributed by atoms with Crippen molar-refractivity contribution in [2.75, 3.05) is 20.8 Å². The molecule has 1 atom stereocenters. The molecule has 0 aliphatic carbocycles. The Labute approximate surface area is 280 Å². The van der Waals surface area contributed by atoms with Gasteiger partial charge in [-0.15, -0.1) is 0 Å². The molecular weight excluding hydrogens is 636 g/mol. The van der Waals surface area contributed by atoms with Crippen LogP contribution >= 0.6 is 22.9 Å². The first-order valence-corrected chi connectivity index (χ1v) is 16.1. The lowest BCUT2D eigenvalue weighted by molar-refractivity contribution is -0.138. The Morgan fingerprint density at radius 2 is 1.68 bits per heavy atom. The Kier molecular flexibility index (Phi) is 9.56. The molecule has 10 heteroatoms. The van der Waals surface area contributed by atoms with Gasteiger partial charge in [0, 0.05) is 16.1 Å². The average molecular weight is 667 g/mol. The highest BCUT2D eigenvalue weighted by Gasteiger charge is 2.35. The van der Waals surface area contributed by atoms with E-state index in [1.54, 1.807) is 56.1 Å². The maximum Gasteiger partial charge on any atom is 0.338 e. The lowest BCUT2D eigenvalue weighted by Crippen LogP contribution is -2.40. The zero-order chi connectivity index (χ0) is 32.9. The highest BCUT2D eigenvalue weighted by atomic mass is 35.5. The van der Waals surface area contributed by atoms with Gasteiger partial charge in [-0.05, 0) is 54.5 Å². The van der Waals surface area contributed by atoms with Crippen molar-refractivity contribution in [3.05, 3.63) is 150 Å². The van der Waals surface area contributed by atoms with Gasteiger partial charge in [0.05, 0.1) is 42.7 Å². The van der Waals surface area contributed by atoms with Crippen molar-refractivity contribution in [2.45, 2.75) is 19.6 Å². The summed E-state index contributed by atoms with van der Waals surface area (Å²) in [5.41, 5.74) is 3.48. The second-order valence-electron chi connectivity index (χ2n) is 10.5. The van der Waals surface area contributed by atoms with Crippen LogP contribution in [0.2, 0.25) is 5.02 Å². The van der Waals surface area contributed by atoms with Crippen LogP contribution in [0.15, 0.2) is 112 Å². The minimum absolute atomic E-state index is 0.171. The molecule has 1 aliphatic heterocycles. The number of carbonyl (C=O) groups excluding carboxylic acids is 1. The van der Waals surface area contributed by atoms with Crippen LogP contribution in [-0.2, 0) is 16.1 Å². The Hall–Kier alpha value is -5.12. The van der Waals surface area contributed by atoms with Gasteiger partial charge in [-0.1, -0.05) is 89.7 Å². The summed E-state index contributed by atoms with van der Waals surface area (Å²) >= 11 is 7.54. The number of ether oxygens (including phenoxy) is 4. The molecular formula is C37H31ClN2O6S. The monoisotopic (exact) mass is 666 g/mol. The number of halogens is 1. The largest absolute Gasteiger partial charge is 0.497 e. The molecule has 0 bridgehead atoms. The fourth-order valence-electron chi connectivity index (χ4n) is 5.36. The standard InChI is InChI=1S/C37H31ClN2O6S/c1-4-45-36(42)32-33(24-10-6-5-7-11-24)39-37-40(34(32)25-15-17-27(43-2)18-16-25)35(41)31(47-37)21-23-14-19-29(30(20-23)44-3)46-22-26-12-8-9-13-28(26)38/h5-21,34H,4,22H2,1-3H3/b31-21-/t34-/m0/s1. The SMILES string of the molecule is CCOC(=O)C1=C(c2ccccc2)N=c2s/c(=C\c3ccc(OCc4ccccc4Cl)c(OC)c3)c(=O)n2[C@H]1c1ccc(OC)cc1. The summed E-state index contributed by atoms with van der Waals surface area (Å²) < 4.78 is 24.6. The number of thiazole rings is 1. The molecule has 47 heavy (non-hydrogen) atoms. The van der Waals surface area contributed by atoms with Gasteiger partial charge in [0.25, 0.3) is 5.56 Å². The van der Waals surface area contributed by atoms with Crippen LogP contribution in [0.3, 0.4) is 0 Å². The third kappa shape index (κ3) is 6.58. The number of methoxy groups -OCH3 is 2. The molecule has 6 rings (SSSR count). The smallest absolute Gasteiger partial charge is 0.338 e. The number of rotatable bonds is 10. The number of benzene rings is 4. The molecule has 0 unspecified atom stereocenters. The molecule has 1 aromatic heterocycles. The Bertz CT molecular complexity index is 2140. The van der Waals surface area contributed by atoms with E-state index in [0.29, 0.717) is 42.9 Å². The van der Waals surface area contributed by atoms with Crippen molar-refractivity contribution in [3.63, 3.8) is 0 Å². The summed E-state index contributed by atoms with van der Waals surface area (Å²) in [4.78, 5) is 33.2. The molecule has 8 nitrogen and oxygen atoms in total. The van der Waals surface area contributed by atoms with Gasteiger partial charge in [-0.25, -0.2) is 9.79 Å². The average Bonchev–Trinajstić information content (AvgIpc) is 3.41. The molecule has 0 saturated heterocycles. The van der Waals surface area contributed by atoms with Crippen LogP contribution in [-0.4, -0.2) is 31.4 Å². The molecule has 0 fully saturated rings. The first-order valence-electron chi connectivity index (χ1n) is 14.9. The summed E-state index contributed by atoms with van der Waals surface area (Å²) in [7, 11) is 3.15. The van der Waals surface area contributed by atoms with Crippen LogP contribution in [0.4, 0.5) is 0 Å². The molecule has 0 radical (unpaired) electrons. The van der Waals surface area contributed by atoms with Gasteiger partial charge in [0.2, 0.25) is 0 Å². The molecule has 0 saturated carbocycles. The first kappa shape index (κ1) is 31.8. The molecule has 4 aromatic carbocycles. The van der Waals surface area contributed by atoms with E-state index >= 15 is 0 Å². The number of nitrogens with zero attached hydrogens (tertiary/aromatic N) is 2. The lowest BCUT2D eigenvalue weighted by atomic mass is 9.93. The molecule has 0 amide bonds. The summed E-state index contributed by atoms with van der Waals surface area (Å²) in [5, 5.41) is 0.618. The minimum Gasteiger partial charge on any atom is -0.497 e. The summed E-state index contributed by atoms with van der Waals surface area (Å²) in [6, 6.07) is 28.9. The highest BCUT2D eigenvalue weighted by molar-refractivity contribution is 7.07. The van der Waals surface area contributed by atoms with Gasteiger partial charge < -0.3 is 18.9 Å². The van der Waals surface area contributed by atoms with E-state index in [-0.39, 0.29) is 24.3 Å². The molecule has 2 heterocycles. The number of carbonyl (C=O) groups is 1. The van der Waals surface area contributed by atoms with Gasteiger partial charge >= 0.3 is 5.97 Å². The Morgan fingerprint density at radius 3 is 2.38 bits per heavy atom. The third-order valence-corrected chi connectivity index (χ3v) is 8.98. The topological polar surface area (TPSA) is 88.4 Å². The Balaban J connectivity index is 1.47. The normalized spacial score (nSPS) is 14.3. The van der Waals surface area contributed by atoms with E-state index in [0.717, 1.165) is 16.7 Å². The van der Waals surface area contributed by atoms with Crippen LogP contribution in [0, 0.1) is 0 Å².